The maximum absolute atomic E-state index is 12.5. The van der Waals surface area contributed by atoms with Crippen molar-refractivity contribution in [3.63, 3.8) is 0 Å². The van der Waals surface area contributed by atoms with Crippen molar-refractivity contribution in [1.29, 1.82) is 0 Å². The van der Waals surface area contributed by atoms with Gasteiger partial charge < -0.3 is 19.9 Å². The molecule has 0 aliphatic heterocycles. The van der Waals surface area contributed by atoms with Crippen molar-refractivity contribution in [3.8, 4) is 0 Å². The first-order valence-corrected chi connectivity index (χ1v) is 10.8. The minimum absolute atomic E-state index is 0.0926. The van der Waals surface area contributed by atoms with Gasteiger partial charge in [0.15, 0.2) is 17.6 Å². The Balaban J connectivity index is 1.55. The molecule has 0 bridgehead atoms. The van der Waals surface area contributed by atoms with E-state index in [4.69, 9.17) is 27.9 Å². The molecule has 0 saturated heterocycles. The lowest BCUT2D eigenvalue weighted by Gasteiger charge is -2.11. The molecular formula is C20H17Cl2N5O4S. The van der Waals surface area contributed by atoms with Crippen LogP contribution in [0.3, 0.4) is 0 Å². The number of pyridine rings is 1. The van der Waals surface area contributed by atoms with Crippen molar-refractivity contribution < 1.29 is 19.1 Å². The van der Waals surface area contributed by atoms with Gasteiger partial charge in [0, 0.05) is 25.6 Å². The SMILES string of the molecule is Cn1ccnc1SCC(=O)Nc1ccccc1C(=O)OCC(=O)Nc1ncc(Cl)cc1Cl. The van der Waals surface area contributed by atoms with Gasteiger partial charge in [-0.05, 0) is 18.2 Å². The largest absolute Gasteiger partial charge is 0.452 e. The molecule has 0 fully saturated rings. The van der Waals surface area contributed by atoms with Crippen molar-refractivity contribution in [2.75, 3.05) is 23.0 Å². The first-order chi connectivity index (χ1) is 15.3. The molecule has 166 valence electrons. The Labute approximate surface area is 197 Å². The van der Waals surface area contributed by atoms with Crippen molar-refractivity contribution in [1.82, 2.24) is 14.5 Å². The van der Waals surface area contributed by atoms with E-state index in [1.807, 2.05) is 7.05 Å². The Morgan fingerprint density at radius 3 is 2.62 bits per heavy atom. The number of hydrogen-bond acceptors (Lipinski definition) is 7. The second kappa shape index (κ2) is 11.0. The molecule has 0 spiro atoms. The molecule has 2 heterocycles. The van der Waals surface area contributed by atoms with Crippen LogP contribution in [0.5, 0.6) is 0 Å². The molecule has 0 aliphatic carbocycles. The van der Waals surface area contributed by atoms with E-state index in [0.29, 0.717) is 10.2 Å². The van der Waals surface area contributed by atoms with Crippen LogP contribution in [0.15, 0.2) is 54.1 Å². The highest BCUT2D eigenvalue weighted by molar-refractivity contribution is 7.99. The number of ether oxygens (including phenoxy) is 1. The van der Waals surface area contributed by atoms with Gasteiger partial charge in [0.2, 0.25) is 5.91 Å². The maximum atomic E-state index is 12.5. The highest BCUT2D eigenvalue weighted by Crippen LogP contribution is 2.22. The number of hydrogen-bond donors (Lipinski definition) is 2. The average Bonchev–Trinajstić information content (AvgIpc) is 3.17. The van der Waals surface area contributed by atoms with Gasteiger partial charge in [-0.25, -0.2) is 14.8 Å². The highest BCUT2D eigenvalue weighted by Gasteiger charge is 2.17. The predicted molar refractivity (Wildman–Crippen MR) is 122 cm³/mol. The number of amides is 2. The maximum Gasteiger partial charge on any atom is 0.340 e. The molecule has 3 aromatic rings. The third-order valence-corrected chi connectivity index (χ3v) is 5.48. The van der Waals surface area contributed by atoms with Crippen LogP contribution in [0, 0.1) is 0 Å². The van der Waals surface area contributed by atoms with Gasteiger partial charge in [0.05, 0.1) is 27.0 Å². The van der Waals surface area contributed by atoms with Crippen LogP contribution in [0.2, 0.25) is 10.0 Å². The molecule has 0 radical (unpaired) electrons. The Hall–Kier alpha value is -3.08. The minimum Gasteiger partial charge on any atom is -0.452 e. The zero-order valence-electron chi connectivity index (χ0n) is 16.7. The predicted octanol–water partition coefficient (Wildman–Crippen LogP) is 3.65. The van der Waals surface area contributed by atoms with Crippen LogP contribution in [0.25, 0.3) is 0 Å². The van der Waals surface area contributed by atoms with Gasteiger partial charge in [0.1, 0.15) is 0 Å². The molecule has 2 amide bonds. The Bertz CT molecular complexity index is 1150. The Morgan fingerprint density at radius 1 is 1.12 bits per heavy atom. The fourth-order valence-electron chi connectivity index (χ4n) is 2.46. The quantitative estimate of drug-likeness (QED) is 0.363. The summed E-state index contributed by atoms with van der Waals surface area (Å²) in [5, 5.41) is 6.25. The van der Waals surface area contributed by atoms with E-state index in [1.165, 1.54) is 30.1 Å². The number of rotatable bonds is 8. The summed E-state index contributed by atoms with van der Waals surface area (Å²) in [7, 11) is 1.83. The summed E-state index contributed by atoms with van der Waals surface area (Å²) in [6.07, 6.45) is 4.73. The lowest BCUT2D eigenvalue weighted by Crippen LogP contribution is -2.23. The lowest BCUT2D eigenvalue weighted by atomic mass is 10.2. The zero-order chi connectivity index (χ0) is 23.1. The molecule has 0 unspecified atom stereocenters. The summed E-state index contributed by atoms with van der Waals surface area (Å²) in [6.45, 7) is -0.573. The molecule has 0 atom stereocenters. The molecule has 3 rings (SSSR count). The van der Waals surface area contributed by atoms with Crippen molar-refractivity contribution in [2.45, 2.75) is 5.16 Å². The number of imidazole rings is 1. The lowest BCUT2D eigenvalue weighted by molar-refractivity contribution is -0.119. The first-order valence-electron chi connectivity index (χ1n) is 9.10. The number of carbonyl (C=O) groups excluding carboxylic acids is 3. The van der Waals surface area contributed by atoms with Crippen LogP contribution >= 0.6 is 35.0 Å². The van der Waals surface area contributed by atoms with Crippen LogP contribution in [0.4, 0.5) is 11.5 Å². The number of halogens is 2. The fourth-order valence-corrected chi connectivity index (χ4v) is 3.62. The summed E-state index contributed by atoms with van der Waals surface area (Å²) in [4.78, 5) is 44.9. The van der Waals surface area contributed by atoms with Gasteiger partial charge in [-0.2, -0.15) is 0 Å². The van der Waals surface area contributed by atoms with Crippen LogP contribution < -0.4 is 10.6 Å². The standard InChI is InChI=1S/C20H17Cl2N5O4S/c1-27-7-6-23-20(27)32-11-17(29)25-15-5-3-2-4-13(15)19(30)31-10-16(28)26-18-14(22)8-12(21)9-24-18/h2-9H,10-11H2,1H3,(H,25,29)(H,24,26,28). The van der Waals surface area contributed by atoms with E-state index in [2.05, 4.69) is 20.6 Å². The number of carbonyl (C=O) groups is 3. The third-order valence-electron chi connectivity index (χ3n) is 3.93. The van der Waals surface area contributed by atoms with Gasteiger partial charge in [-0.15, -0.1) is 0 Å². The topological polar surface area (TPSA) is 115 Å². The zero-order valence-corrected chi connectivity index (χ0v) is 19.0. The fraction of sp³-hybridized carbons (Fsp3) is 0.150. The Morgan fingerprint density at radius 2 is 1.91 bits per heavy atom. The van der Waals surface area contributed by atoms with E-state index in [-0.39, 0.29) is 33.8 Å². The number of para-hydroxylation sites is 1. The van der Waals surface area contributed by atoms with Gasteiger partial charge in [0.25, 0.3) is 5.91 Å². The van der Waals surface area contributed by atoms with E-state index >= 15 is 0 Å². The van der Waals surface area contributed by atoms with Gasteiger partial charge in [-0.3, -0.25) is 9.59 Å². The van der Waals surface area contributed by atoms with Crippen LogP contribution in [0.1, 0.15) is 10.4 Å². The number of nitrogens with one attached hydrogen (secondary N) is 2. The molecule has 32 heavy (non-hydrogen) atoms. The van der Waals surface area contributed by atoms with E-state index in [1.54, 1.807) is 35.2 Å². The summed E-state index contributed by atoms with van der Waals surface area (Å²) >= 11 is 13.0. The average molecular weight is 494 g/mol. The van der Waals surface area contributed by atoms with Crippen molar-refractivity contribution in [2.24, 2.45) is 7.05 Å². The van der Waals surface area contributed by atoms with Crippen molar-refractivity contribution in [3.05, 3.63) is 64.5 Å². The summed E-state index contributed by atoms with van der Waals surface area (Å²) in [5.74, 6) is -1.54. The molecule has 9 nitrogen and oxygen atoms in total. The van der Waals surface area contributed by atoms with Gasteiger partial charge in [-0.1, -0.05) is 47.1 Å². The third kappa shape index (κ3) is 6.46. The van der Waals surface area contributed by atoms with Crippen molar-refractivity contribution >= 4 is 64.3 Å². The minimum atomic E-state index is -0.775. The number of benzene rings is 1. The number of thioether (sulfide) groups is 1. The number of esters is 1. The molecule has 0 aliphatic rings. The molecular weight excluding hydrogens is 477 g/mol. The second-order valence-corrected chi connectivity index (χ2v) is 8.10. The molecule has 0 saturated carbocycles. The number of anilines is 2. The van der Waals surface area contributed by atoms with Gasteiger partial charge >= 0.3 is 5.97 Å². The molecule has 1 aromatic carbocycles. The van der Waals surface area contributed by atoms with E-state index < -0.39 is 18.5 Å². The monoisotopic (exact) mass is 493 g/mol. The molecule has 12 heteroatoms. The van der Waals surface area contributed by atoms with Crippen LogP contribution in [-0.2, 0) is 21.4 Å². The van der Waals surface area contributed by atoms with Crippen LogP contribution in [-0.4, -0.2) is 44.7 Å². The Kier molecular flexibility index (Phi) is 8.09. The molecule has 2 N–H and O–H groups in total. The molecule has 2 aromatic heterocycles. The summed E-state index contributed by atoms with van der Waals surface area (Å²) in [6, 6.07) is 7.76. The second-order valence-electron chi connectivity index (χ2n) is 6.31. The summed E-state index contributed by atoms with van der Waals surface area (Å²) in [5.41, 5.74) is 0.379. The summed E-state index contributed by atoms with van der Waals surface area (Å²) < 4.78 is 6.86. The number of aromatic nitrogens is 3. The van der Waals surface area contributed by atoms with E-state index in [0.717, 1.165) is 0 Å². The van der Waals surface area contributed by atoms with E-state index in [9.17, 15) is 14.4 Å². The highest BCUT2D eigenvalue weighted by atomic mass is 35.5. The number of nitrogens with zero attached hydrogens (tertiary/aromatic N) is 3. The smallest absolute Gasteiger partial charge is 0.340 e. The number of aryl methyl sites for hydroxylation is 1. The normalized spacial score (nSPS) is 10.5. The first kappa shape index (κ1) is 23.6.